The highest BCUT2D eigenvalue weighted by molar-refractivity contribution is 7.92. The number of benzene rings is 1. The van der Waals surface area contributed by atoms with E-state index < -0.39 is 15.7 Å². The van der Waals surface area contributed by atoms with E-state index in [0.29, 0.717) is 37.2 Å². The van der Waals surface area contributed by atoms with Crippen molar-refractivity contribution in [3.63, 3.8) is 0 Å². The maximum Gasteiger partial charge on any atom is 0.253 e. The van der Waals surface area contributed by atoms with Gasteiger partial charge in [0, 0.05) is 19.5 Å². The average Bonchev–Trinajstić information content (AvgIpc) is 3.14. The summed E-state index contributed by atoms with van der Waals surface area (Å²) in [6, 6.07) is 6.60. The average molecular weight is 404 g/mol. The summed E-state index contributed by atoms with van der Waals surface area (Å²) in [5.74, 6) is -0.911. The van der Waals surface area contributed by atoms with Crippen LogP contribution < -0.4 is 16.4 Å². The van der Waals surface area contributed by atoms with Crippen LogP contribution >= 0.6 is 12.4 Å². The Morgan fingerprint density at radius 1 is 1.15 bits per heavy atom. The summed E-state index contributed by atoms with van der Waals surface area (Å²) < 4.78 is 24.5. The number of anilines is 1. The van der Waals surface area contributed by atoms with Crippen molar-refractivity contribution in [2.75, 3.05) is 24.2 Å². The van der Waals surface area contributed by atoms with E-state index >= 15 is 0 Å². The first-order valence-corrected chi connectivity index (χ1v) is 10.2. The Bertz CT molecular complexity index is 718. The molecule has 0 heterocycles. The number of amides is 2. The number of nitrogens with two attached hydrogens (primary N) is 1. The molecule has 2 rings (SSSR count). The fourth-order valence-corrected chi connectivity index (χ4v) is 4.79. The second-order valence-electron chi connectivity index (χ2n) is 6.16. The molecule has 1 aromatic rings. The fraction of sp³-hybridized carbons (Fsp3) is 0.529. The first kappa shape index (κ1) is 22.4. The largest absolute Gasteiger partial charge is 0.351 e. The summed E-state index contributed by atoms with van der Waals surface area (Å²) in [5.41, 5.74) is 6.05. The van der Waals surface area contributed by atoms with Crippen molar-refractivity contribution in [3.8, 4) is 0 Å². The third-order valence-electron chi connectivity index (χ3n) is 4.30. The summed E-state index contributed by atoms with van der Waals surface area (Å²) in [6.45, 7) is 0.653. The highest BCUT2D eigenvalue weighted by Crippen LogP contribution is 2.25. The maximum atomic E-state index is 12.2. The molecular weight excluding hydrogens is 378 g/mol. The summed E-state index contributed by atoms with van der Waals surface area (Å²) in [5, 5.41) is 4.97. The number of halogens is 1. The highest BCUT2D eigenvalue weighted by atomic mass is 35.5. The number of carbonyl (C=O) groups is 2. The highest BCUT2D eigenvalue weighted by Gasteiger charge is 2.29. The third kappa shape index (κ3) is 6.26. The molecular formula is C17H26ClN3O4S. The Labute approximate surface area is 160 Å². The molecule has 0 spiro atoms. The van der Waals surface area contributed by atoms with Crippen LogP contribution in [0.2, 0.25) is 0 Å². The van der Waals surface area contributed by atoms with Gasteiger partial charge in [-0.2, -0.15) is 0 Å². The summed E-state index contributed by atoms with van der Waals surface area (Å²) in [6.07, 6.45) is 3.13. The van der Waals surface area contributed by atoms with Crippen LogP contribution in [0.25, 0.3) is 0 Å². The van der Waals surface area contributed by atoms with E-state index in [0.717, 1.165) is 12.8 Å². The van der Waals surface area contributed by atoms with E-state index in [1.807, 2.05) is 0 Å². The molecule has 0 aliphatic heterocycles. The van der Waals surface area contributed by atoms with Crippen LogP contribution in [0.5, 0.6) is 0 Å². The minimum Gasteiger partial charge on any atom is -0.351 e. The quantitative estimate of drug-likeness (QED) is 0.607. The van der Waals surface area contributed by atoms with Gasteiger partial charge in [0.25, 0.3) is 5.91 Å². The molecule has 0 bridgehead atoms. The van der Waals surface area contributed by atoms with Crippen molar-refractivity contribution in [2.24, 2.45) is 5.73 Å². The van der Waals surface area contributed by atoms with Crippen LogP contribution in [0.1, 0.15) is 42.5 Å². The zero-order valence-electron chi connectivity index (χ0n) is 14.6. The van der Waals surface area contributed by atoms with Crippen LogP contribution in [0.4, 0.5) is 5.69 Å². The number of nitrogens with one attached hydrogen (secondary N) is 2. The van der Waals surface area contributed by atoms with Gasteiger partial charge in [0.1, 0.15) is 0 Å². The lowest BCUT2D eigenvalue weighted by molar-refractivity contribution is -0.115. The third-order valence-corrected chi connectivity index (χ3v) is 6.56. The Balaban J connectivity index is 0.00000338. The Kier molecular flexibility index (Phi) is 9.04. The molecule has 7 nitrogen and oxygen atoms in total. The van der Waals surface area contributed by atoms with Gasteiger partial charge < -0.3 is 16.4 Å². The molecule has 1 aromatic carbocycles. The number of hydrogen-bond acceptors (Lipinski definition) is 5. The normalized spacial score (nSPS) is 14.5. The van der Waals surface area contributed by atoms with Crippen molar-refractivity contribution >= 4 is 39.7 Å². The smallest absolute Gasteiger partial charge is 0.253 e. The van der Waals surface area contributed by atoms with Crippen LogP contribution in [0.15, 0.2) is 24.3 Å². The van der Waals surface area contributed by atoms with Crippen molar-refractivity contribution in [2.45, 2.75) is 37.4 Å². The van der Waals surface area contributed by atoms with Crippen LogP contribution in [-0.4, -0.2) is 44.3 Å². The molecule has 2 amide bonds. The van der Waals surface area contributed by atoms with Crippen molar-refractivity contribution < 1.29 is 18.0 Å². The minimum absolute atomic E-state index is 0. The van der Waals surface area contributed by atoms with E-state index in [1.54, 1.807) is 24.3 Å². The van der Waals surface area contributed by atoms with Gasteiger partial charge in [-0.15, -0.1) is 12.4 Å². The summed E-state index contributed by atoms with van der Waals surface area (Å²) in [4.78, 5) is 24.2. The zero-order chi connectivity index (χ0) is 18.3. The van der Waals surface area contributed by atoms with E-state index in [4.69, 9.17) is 5.73 Å². The second-order valence-corrected chi connectivity index (χ2v) is 8.56. The van der Waals surface area contributed by atoms with Crippen LogP contribution in [0, 0.1) is 0 Å². The fourth-order valence-electron chi connectivity index (χ4n) is 2.93. The SMILES string of the molecule is Cl.NCCNC(=O)c1ccccc1NC(=O)CCS(=O)(=O)C1CCCC1. The monoisotopic (exact) mass is 403 g/mol. The lowest BCUT2D eigenvalue weighted by Gasteiger charge is -2.13. The van der Waals surface area contributed by atoms with Gasteiger partial charge in [0.05, 0.1) is 22.3 Å². The molecule has 1 saturated carbocycles. The first-order valence-electron chi connectivity index (χ1n) is 8.53. The van der Waals surface area contributed by atoms with Crippen molar-refractivity contribution in [1.82, 2.24) is 5.32 Å². The predicted octanol–water partition coefficient (Wildman–Crippen LogP) is 1.48. The minimum atomic E-state index is -3.24. The molecule has 0 atom stereocenters. The Morgan fingerprint density at radius 3 is 2.46 bits per heavy atom. The molecule has 0 radical (unpaired) electrons. The molecule has 1 aliphatic carbocycles. The van der Waals surface area contributed by atoms with Crippen molar-refractivity contribution in [3.05, 3.63) is 29.8 Å². The first-order chi connectivity index (χ1) is 11.9. The molecule has 9 heteroatoms. The number of hydrogen-bond donors (Lipinski definition) is 3. The van der Waals surface area contributed by atoms with Gasteiger partial charge in [-0.1, -0.05) is 25.0 Å². The van der Waals surface area contributed by atoms with E-state index in [2.05, 4.69) is 10.6 Å². The predicted molar refractivity (Wildman–Crippen MR) is 104 cm³/mol. The number of para-hydroxylation sites is 1. The summed E-state index contributed by atoms with van der Waals surface area (Å²) in [7, 11) is -3.24. The number of rotatable bonds is 8. The molecule has 4 N–H and O–H groups in total. The topological polar surface area (TPSA) is 118 Å². The second kappa shape index (κ2) is 10.5. The molecule has 146 valence electrons. The van der Waals surface area contributed by atoms with Gasteiger partial charge in [-0.25, -0.2) is 8.42 Å². The molecule has 0 unspecified atom stereocenters. The lowest BCUT2D eigenvalue weighted by atomic mass is 10.1. The number of sulfone groups is 1. The molecule has 0 saturated heterocycles. The molecule has 0 aromatic heterocycles. The maximum absolute atomic E-state index is 12.2. The van der Waals surface area contributed by atoms with Gasteiger partial charge in [0.15, 0.2) is 9.84 Å². The number of carbonyl (C=O) groups excluding carboxylic acids is 2. The van der Waals surface area contributed by atoms with E-state index in [9.17, 15) is 18.0 Å². The lowest BCUT2D eigenvalue weighted by Crippen LogP contribution is -2.30. The van der Waals surface area contributed by atoms with E-state index in [-0.39, 0.29) is 35.7 Å². The standard InChI is InChI=1S/C17H25N3O4S.ClH/c18-10-11-19-17(22)14-7-3-4-8-15(14)20-16(21)9-12-25(23,24)13-5-1-2-6-13;/h3-4,7-8,13H,1-2,5-6,9-12,18H2,(H,19,22)(H,20,21);1H. The zero-order valence-corrected chi connectivity index (χ0v) is 16.2. The summed E-state index contributed by atoms with van der Waals surface area (Å²) >= 11 is 0. The van der Waals surface area contributed by atoms with Gasteiger partial charge in [-0.05, 0) is 25.0 Å². The van der Waals surface area contributed by atoms with Crippen LogP contribution in [0.3, 0.4) is 0 Å². The van der Waals surface area contributed by atoms with Gasteiger partial charge in [0.2, 0.25) is 5.91 Å². The van der Waals surface area contributed by atoms with Crippen LogP contribution in [-0.2, 0) is 14.6 Å². The molecule has 1 aliphatic rings. The molecule has 1 fully saturated rings. The Hall–Kier alpha value is -1.64. The van der Waals surface area contributed by atoms with Gasteiger partial charge in [-0.3, -0.25) is 9.59 Å². The molecule has 26 heavy (non-hydrogen) atoms. The van der Waals surface area contributed by atoms with Gasteiger partial charge >= 0.3 is 0 Å². The van der Waals surface area contributed by atoms with Crippen molar-refractivity contribution in [1.29, 1.82) is 0 Å². The van der Waals surface area contributed by atoms with E-state index in [1.165, 1.54) is 0 Å². The Morgan fingerprint density at radius 2 is 1.81 bits per heavy atom.